The van der Waals surface area contributed by atoms with Crippen LogP contribution in [0, 0.1) is 0 Å². The summed E-state index contributed by atoms with van der Waals surface area (Å²) in [6.45, 7) is 3.88. The number of benzene rings is 1. The van der Waals surface area contributed by atoms with Crippen LogP contribution in [0.5, 0.6) is 11.5 Å². The quantitative estimate of drug-likeness (QED) is 0.850. The van der Waals surface area contributed by atoms with Gasteiger partial charge in [-0.05, 0) is 25.5 Å². The molecule has 1 N–H and O–H groups in total. The van der Waals surface area contributed by atoms with Gasteiger partial charge in [-0.3, -0.25) is 0 Å². The summed E-state index contributed by atoms with van der Waals surface area (Å²) in [6.07, 6.45) is 2.20. The van der Waals surface area contributed by atoms with E-state index in [9.17, 15) is 0 Å². The molecule has 1 atom stereocenters. The van der Waals surface area contributed by atoms with Gasteiger partial charge in [0.2, 0.25) is 0 Å². The summed E-state index contributed by atoms with van der Waals surface area (Å²) in [4.78, 5) is 0. The summed E-state index contributed by atoms with van der Waals surface area (Å²) in [6, 6.07) is 6.48. The maximum atomic E-state index is 5.78. The van der Waals surface area contributed by atoms with E-state index in [0.717, 1.165) is 37.5 Å². The van der Waals surface area contributed by atoms with Gasteiger partial charge in [0.15, 0.2) is 11.5 Å². The highest BCUT2D eigenvalue weighted by Crippen LogP contribution is 2.38. The van der Waals surface area contributed by atoms with Crippen molar-refractivity contribution in [1.29, 1.82) is 0 Å². The van der Waals surface area contributed by atoms with Gasteiger partial charge in [0.1, 0.15) is 0 Å². The summed E-state index contributed by atoms with van der Waals surface area (Å²) in [5.41, 5.74) is 1.22. The number of ether oxygens (including phenoxy) is 2. The van der Waals surface area contributed by atoms with Crippen LogP contribution < -0.4 is 14.8 Å². The molecule has 3 nitrogen and oxygen atoms in total. The Labute approximate surface area is 96.8 Å². The van der Waals surface area contributed by atoms with Crippen LogP contribution in [-0.4, -0.2) is 20.3 Å². The lowest BCUT2D eigenvalue weighted by Crippen LogP contribution is -2.20. The molecule has 3 heteroatoms. The van der Waals surface area contributed by atoms with Gasteiger partial charge in [0.25, 0.3) is 0 Å². The van der Waals surface area contributed by atoms with Gasteiger partial charge in [-0.2, -0.15) is 0 Å². The summed E-state index contributed by atoms with van der Waals surface area (Å²) < 4.78 is 11.1. The zero-order valence-electron chi connectivity index (χ0n) is 9.95. The van der Waals surface area contributed by atoms with Crippen LogP contribution in [0.15, 0.2) is 18.2 Å². The second kappa shape index (κ2) is 5.21. The van der Waals surface area contributed by atoms with Gasteiger partial charge in [-0.1, -0.05) is 19.1 Å². The number of rotatable bonds is 3. The maximum Gasteiger partial charge on any atom is 0.165 e. The molecule has 0 saturated carbocycles. The predicted octanol–water partition coefficient (Wildman–Crippen LogP) is 2.52. The van der Waals surface area contributed by atoms with Crippen molar-refractivity contribution >= 4 is 0 Å². The molecule has 16 heavy (non-hydrogen) atoms. The van der Waals surface area contributed by atoms with E-state index < -0.39 is 0 Å². The van der Waals surface area contributed by atoms with E-state index in [2.05, 4.69) is 18.3 Å². The van der Waals surface area contributed by atoms with Crippen LogP contribution in [-0.2, 0) is 0 Å². The predicted molar refractivity (Wildman–Crippen MR) is 64.1 cm³/mol. The van der Waals surface area contributed by atoms with Crippen LogP contribution in [0.2, 0.25) is 0 Å². The minimum atomic E-state index is 0.387. The zero-order valence-corrected chi connectivity index (χ0v) is 9.95. The average Bonchev–Trinajstić information content (AvgIpc) is 2.52. The SMILES string of the molecule is CCNC1CCCOc2c(OC)cccc21. The van der Waals surface area contributed by atoms with Crippen LogP contribution in [0.25, 0.3) is 0 Å². The van der Waals surface area contributed by atoms with Crippen molar-refractivity contribution in [1.82, 2.24) is 5.32 Å². The molecule has 0 bridgehead atoms. The Morgan fingerprint density at radius 1 is 1.50 bits per heavy atom. The molecule has 0 radical (unpaired) electrons. The lowest BCUT2D eigenvalue weighted by atomic mass is 10.0. The van der Waals surface area contributed by atoms with Gasteiger partial charge < -0.3 is 14.8 Å². The van der Waals surface area contributed by atoms with E-state index >= 15 is 0 Å². The van der Waals surface area contributed by atoms with Gasteiger partial charge in [0, 0.05) is 11.6 Å². The highest BCUT2D eigenvalue weighted by Gasteiger charge is 2.21. The molecule has 2 rings (SSSR count). The lowest BCUT2D eigenvalue weighted by molar-refractivity contribution is 0.294. The summed E-state index contributed by atoms with van der Waals surface area (Å²) >= 11 is 0. The first-order valence-corrected chi connectivity index (χ1v) is 5.90. The van der Waals surface area contributed by atoms with Gasteiger partial charge in [-0.25, -0.2) is 0 Å². The molecule has 1 aromatic carbocycles. The smallest absolute Gasteiger partial charge is 0.165 e. The average molecular weight is 221 g/mol. The number of hydrogen-bond acceptors (Lipinski definition) is 3. The van der Waals surface area contributed by atoms with Crippen molar-refractivity contribution in [2.75, 3.05) is 20.3 Å². The third-order valence-corrected chi connectivity index (χ3v) is 2.94. The molecule has 0 spiro atoms. The Kier molecular flexibility index (Phi) is 3.67. The van der Waals surface area contributed by atoms with Crippen LogP contribution >= 0.6 is 0 Å². The molecule has 1 aliphatic rings. The van der Waals surface area contributed by atoms with Crippen LogP contribution in [0.4, 0.5) is 0 Å². The van der Waals surface area contributed by atoms with Crippen molar-refractivity contribution in [2.24, 2.45) is 0 Å². The third-order valence-electron chi connectivity index (χ3n) is 2.94. The number of hydrogen-bond donors (Lipinski definition) is 1. The van der Waals surface area contributed by atoms with E-state index in [1.165, 1.54) is 5.56 Å². The number of fused-ring (bicyclic) bond motifs is 1. The fourth-order valence-electron chi connectivity index (χ4n) is 2.20. The normalized spacial score (nSPS) is 19.5. The standard InChI is InChI=1S/C13H19NO2/c1-3-14-11-7-5-9-16-13-10(11)6-4-8-12(13)15-2/h4,6,8,11,14H,3,5,7,9H2,1-2H3. The van der Waals surface area contributed by atoms with Crippen LogP contribution in [0.1, 0.15) is 31.4 Å². The topological polar surface area (TPSA) is 30.5 Å². The summed E-state index contributed by atoms with van der Waals surface area (Å²) in [5, 5.41) is 3.50. The van der Waals surface area contributed by atoms with Crippen molar-refractivity contribution in [3.8, 4) is 11.5 Å². The Hall–Kier alpha value is -1.22. The zero-order chi connectivity index (χ0) is 11.4. The number of nitrogens with one attached hydrogen (secondary N) is 1. The maximum absolute atomic E-state index is 5.78. The molecule has 0 saturated heterocycles. The molecule has 88 valence electrons. The summed E-state index contributed by atoms with van der Waals surface area (Å²) in [7, 11) is 1.69. The van der Waals surface area contributed by atoms with Gasteiger partial charge in [-0.15, -0.1) is 0 Å². The molecule has 0 aromatic heterocycles. The van der Waals surface area contributed by atoms with Crippen molar-refractivity contribution in [3.05, 3.63) is 23.8 Å². The monoisotopic (exact) mass is 221 g/mol. The Balaban J connectivity index is 2.37. The van der Waals surface area contributed by atoms with E-state index in [1.807, 2.05) is 12.1 Å². The second-order valence-electron chi connectivity index (χ2n) is 3.98. The Morgan fingerprint density at radius 2 is 2.38 bits per heavy atom. The fourth-order valence-corrected chi connectivity index (χ4v) is 2.20. The molecule has 1 aliphatic heterocycles. The third kappa shape index (κ3) is 2.14. The van der Waals surface area contributed by atoms with E-state index in [0.29, 0.717) is 6.04 Å². The summed E-state index contributed by atoms with van der Waals surface area (Å²) in [5.74, 6) is 1.75. The Bertz CT molecular complexity index is 352. The molecular formula is C13H19NO2. The van der Waals surface area contributed by atoms with E-state index in [-0.39, 0.29) is 0 Å². The largest absolute Gasteiger partial charge is 0.493 e. The Morgan fingerprint density at radius 3 is 3.12 bits per heavy atom. The molecule has 0 fully saturated rings. The fraction of sp³-hybridized carbons (Fsp3) is 0.538. The van der Waals surface area contributed by atoms with Crippen LogP contribution in [0.3, 0.4) is 0 Å². The number of para-hydroxylation sites is 1. The minimum Gasteiger partial charge on any atom is -0.493 e. The lowest BCUT2D eigenvalue weighted by Gasteiger charge is -2.18. The van der Waals surface area contributed by atoms with E-state index in [4.69, 9.17) is 9.47 Å². The minimum absolute atomic E-state index is 0.387. The van der Waals surface area contributed by atoms with Crippen molar-refractivity contribution in [3.63, 3.8) is 0 Å². The molecule has 1 aromatic rings. The highest BCUT2D eigenvalue weighted by atomic mass is 16.5. The first kappa shape index (κ1) is 11.3. The van der Waals surface area contributed by atoms with Crippen molar-refractivity contribution in [2.45, 2.75) is 25.8 Å². The van der Waals surface area contributed by atoms with E-state index in [1.54, 1.807) is 7.11 Å². The van der Waals surface area contributed by atoms with Gasteiger partial charge >= 0.3 is 0 Å². The van der Waals surface area contributed by atoms with Crippen molar-refractivity contribution < 1.29 is 9.47 Å². The van der Waals surface area contributed by atoms with Gasteiger partial charge in [0.05, 0.1) is 13.7 Å². The second-order valence-corrected chi connectivity index (χ2v) is 3.98. The molecule has 1 heterocycles. The highest BCUT2D eigenvalue weighted by molar-refractivity contribution is 5.48. The molecule has 0 aliphatic carbocycles. The molecular weight excluding hydrogens is 202 g/mol. The first-order chi connectivity index (χ1) is 7.86. The number of methoxy groups -OCH3 is 1. The molecule has 0 amide bonds. The molecule has 1 unspecified atom stereocenters. The first-order valence-electron chi connectivity index (χ1n) is 5.90.